The lowest BCUT2D eigenvalue weighted by Crippen LogP contribution is -2.09. The maximum absolute atomic E-state index is 12.3. The second-order valence-electron chi connectivity index (χ2n) is 5.80. The predicted octanol–water partition coefficient (Wildman–Crippen LogP) is 2.42. The van der Waals surface area contributed by atoms with E-state index in [1.807, 2.05) is 30.5 Å². The lowest BCUT2D eigenvalue weighted by Gasteiger charge is -2.12. The zero-order valence-electron chi connectivity index (χ0n) is 12.4. The highest BCUT2D eigenvalue weighted by molar-refractivity contribution is 6.03. The lowest BCUT2D eigenvalue weighted by atomic mass is 10.0. The van der Waals surface area contributed by atoms with E-state index < -0.39 is 0 Å². The number of ketones is 1. The smallest absolute Gasteiger partial charge is 0.169 e. The molecule has 1 N–H and O–H groups in total. The van der Waals surface area contributed by atoms with Gasteiger partial charge in [0.25, 0.3) is 0 Å². The van der Waals surface area contributed by atoms with Crippen molar-refractivity contribution < 1.29 is 14.6 Å². The number of Topliss-reactive ketones (excluding diaryl/α,β-unsaturated/α-hetero) is 1. The van der Waals surface area contributed by atoms with Gasteiger partial charge in [0, 0.05) is 11.8 Å². The number of aliphatic hydroxyl groups excluding tert-OH is 1. The topological polar surface area (TPSA) is 63.8 Å². The zero-order chi connectivity index (χ0) is 15.0. The van der Waals surface area contributed by atoms with E-state index in [0.29, 0.717) is 11.5 Å². The van der Waals surface area contributed by atoms with Crippen LogP contribution in [0.15, 0.2) is 18.3 Å². The fourth-order valence-electron chi connectivity index (χ4n) is 2.56. The van der Waals surface area contributed by atoms with Crippen LogP contribution in [0.1, 0.15) is 48.7 Å². The molecule has 0 saturated heterocycles. The Kier molecular flexibility index (Phi) is 3.68. The Morgan fingerprint density at radius 3 is 2.86 bits per heavy atom. The number of pyridine rings is 1. The number of carbonyl (C=O) groups is 1. The van der Waals surface area contributed by atoms with Crippen LogP contribution in [0.25, 0.3) is 5.52 Å². The summed E-state index contributed by atoms with van der Waals surface area (Å²) in [6.07, 6.45) is 3.88. The summed E-state index contributed by atoms with van der Waals surface area (Å²) in [7, 11) is 0. The van der Waals surface area contributed by atoms with Crippen molar-refractivity contribution in [1.82, 2.24) is 9.61 Å². The van der Waals surface area contributed by atoms with Crippen LogP contribution in [0.3, 0.4) is 0 Å². The Morgan fingerprint density at radius 2 is 2.24 bits per heavy atom. The molecule has 0 aliphatic heterocycles. The van der Waals surface area contributed by atoms with Crippen LogP contribution in [0.5, 0.6) is 5.75 Å². The van der Waals surface area contributed by atoms with E-state index in [9.17, 15) is 4.79 Å². The molecule has 1 fully saturated rings. The fraction of sp³-hybridized carbons (Fsp3) is 0.500. The van der Waals surface area contributed by atoms with E-state index in [2.05, 4.69) is 5.10 Å². The molecule has 0 bridgehead atoms. The molecule has 2 heterocycles. The minimum Gasteiger partial charge on any atom is -0.489 e. The first-order valence-electron chi connectivity index (χ1n) is 7.42. The molecule has 1 aliphatic carbocycles. The molecular weight excluding hydrogens is 268 g/mol. The van der Waals surface area contributed by atoms with Gasteiger partial charge in [-0.3, -0.25) is 4.79 Å². The van der Waals surface area contributed by atoms with Gasteiger partial charge < -0.3 is 9.84 Å². The van der Waals surface area contributed by atoms with Gasteiger partial charge in [-0.05, 0) is 25.0 Å². The molecule has 2 aromatic heterocycles. The van der Waals surface area contributed by atoms with Crippen LogP contribution in [0.4, 0.5) is 0 Å². The van der Waals surface area contributed by atoms with Crippen LogP contribution in [0, 0.1) is 5.92 Å². The van der Waals surface area contributed by atoms with Gasteiger partial charge in [0.2, 0.25) is 0 Å². The van der Waals surface area contributed by atoms with Gasteiger partial charge >= 0.3 is 0 Å². The Hall–Kier alpha value is -1.88. The molecule has 0 radical (unpaired) electrons. The summed E-state index contributed by atoms with van der Waals surface area (Å²) >= 11 is 0. The molecule has 3 rings (SSSR count). The molecule has 0 amide bonds. The average molecular weight is 288 g/mol. The van der Waals surface area contributed by atoms with Crippen molar-refractivity contribution in [3.05, 3.63) is 29.6 Å². The van der Waals surface area contributed by atoms with Crippen molar-refractivity contribution in [2.75, 3.05) is 13.2 Å². The summed E-state index contributed by atoms with van der Waals surface area (Å²) in [6.45, 7) is 4.04. The maximum atomic E-state index is 12.3. The van der Waals surface area contributed by atoms with Crippen molar-refractivity contribution in [1.29, 1.82) is 0 Å². The molecule has 112 valence electrons. The van der Waals surface area contributed by atoms with Gasteiger partial charge in [0.1, 0.15) is 12.4 Å². The molecule has 1 aliphatic rings. The minimum absolute atomic E-state index is 0.0155. The molecule has 1 saturated carbocycles. The van der Waals surface area contributed by atoms with Crippen molar-refractivity contribution in [3.8, 4) is 5.75 Å². The molecule has 21 heavy (non-hydrogen) atoms. The van der Waals surface area contributed by atoms with E-state index in [1.54, 1.807) is 6.20 Å². The summed E-state index contributed by atoms with van der Waals surface area (Å²) in [6, 6.07) is 3.76. The molecule has 5 heteroatoms. The number of nitrogens with zero attached hydrogens (tertiary/aromatic N) is 2. The SMILES string of the molecule is CC(C)C(=O)c1cnn2c(C3CC3)c(OCCO)ccc12. The van der Waals surface area contributed by atoms with Gasteiger partial charge in [-0.2, -0.15) is 5.10 Å². The van der Waals surface area contributed by atoms with E-state index in [-0.39, 0.29) is 24.9 Å². The van der Waals surface area contributed by atoms with E-state index in [4.69, 9.17) is 9.84 Å². The number of aliphatic hydroxyl groups is 1. The van der Waals surface area contributed by atoms with Crippen molar-refractivity contribution in [2.24, 2.45) is 5.92 Å². The number of aromatic nitrogens is 2. The number of hydrogen-bond donors (Lipinski definition) is 1. The first-order chi connectivity index (χ1) is 10.1. The standard InChI is InChI=1S/C16H20N2O3/c1-10(2)16(20)12-9-17-18-13(12)5-6-14(21-8-7-19)15(18)11-3-4-11/h5-6,9-11,19H,3-4,7-8H2,1-2H3. The van der Waals surface area contributed by atoms with Gasteiger partial charge in [-0.15, -0.1) is 0 Å². The number of fused-ring (bicyclic) bond motifs is 1. The Balaban J connectivity index is 2.09. The number of ether oxygens (including phenoxy) is 1. The normalized spacial score (nSPS) is 14.9. The number of rotatable bonds is 6. The van der Waals surface area contributed by atoms with E-state index >= 15 is 0 Å². The maximum Gasteiger partial charge on any atom is 0.169 e. The van der Waals surface area contributed by atoms with Crippen LogP contribution < -0.4 is 4.74 Å². The molecule has 0 spiro atoms. The molecule has 5 nitrogen and oxygen atoms in total. The van der Waals surface area contributed by atoms with Gasteiger partial charge in [-0.1, -0.05) is 13.8 Å². The highest BCUT2D eigenvalue weighted by atomic mass is 16.5. The van der Waals surface area contributed by atoms with Crippen LogP contribution >= 0.6 is 0 Å². The summed E-state index contributed by atoms with van der Waals surface area (Å²) in [4.78, 5) is 12.3. The quantitative estimate of drug-likeness (QED) is 0.829. The average Bonchev–Trinajstić information content (AvgIpc) is 3.22. The first kappa shape index (κ1) is 14.1. The monoisotopic (exact) mass is 288 g/mol. The number of carbonyl (C=O) groups excluding carboxylic acids is 1. The Labute approximate surface area is 123 Å². The predicted molar refractivity (Wildman–Crippen MR) is 78.9 cm³/mol. The summed E-state index contributed by atoms with van der Waals surface area (Å²) in [5, 5.41) is 13.3. The fourth-order valence-corrected chi connectivity index (χ4v) is 2.56. The Morgan fingerprint density at radius 1 is 1.48 bits per heavy atom. The third kappa shape index (κ3) is 2.53. The van der Waals surface area contributed by atoms with Crippen molar-refractivity contribution >= 4 is 11.3 Å². The lowest BCUT2D eigenvalue weighted by molar-refractivity contribution is 0.0941. The first-order valence-corrected chi connectivity index (χ1v) is 7.42. The Bertz CT molecular complexity index is 671. The van der Waals surface area contributed by atoms with E-state index in [0.717, 1.165) is 29.8 Å². The summed E-state index contributed by atoms with van der Waals surface area (Å²) in [5.41, 5.74) is 2.52. The zero-order valence-corrected chi connectivity index (χ0v) is 12.4. The van der Waals surface area contributed by atoms with Crippen molar-refractivity contribution in [3.63, 3.8) is 0 Å². The third-order valence-corrected chi connectivity index (χ3v) is 3.78. The highest BCUT2D eigenvalue weighted by Crippen LogP contribution is 2.44. The van der Waals surface area contributed by atoms with E-state index in [1.165, 1.54) is 0 Å². The summed E-state index contributed by atoms with van der Waals surface area (Å²) < 4.78 is 7.45. The van der Waals surface area contributed by atoms with Gasteiger partial charge in [0.05, 0.1) is 29.6 Å². The summed E-state index contributed by atoms with van der Waals surface area (Å²) in [5.74, 6) is 1.25. The molecule has 2 aromatic rings. The minimum atomic E-state index is -0.0484. The molecular formula is C16H20N2O3. The highest BCUT2D eigenvalue weighted by Gasteiger charge is 2.31. The second-order valence-corrected chi connectivity index (χ2v) is 5.80. The van der Waals surface area contributed by atoms with Gasteiger partial charge in [-0.25, -0.2) is 4.52 Å². The van der Waals surface area contributed by atoms with Crippen molar-refractivity contribution in [2.45, 2.75) is 32.6 Å². The van der Waals surface area contributed by atoms with Crippen LogP contribution in [-0.4, -0.2) is 33.7 Å². The van der Waals surface area contributed by atoms with Crippen LogP contribution in [-0.2, 0) is 0 Å². The number of hydrogen-bond acceptors (Lipinski definition) is 4. The molecule has 0 unspecified atom stereocenters. The van der Waals surface area contributed by atoms with Crippen LogP contribution in [0.2, 0.25) is 0 Å². The largest absolute Gasteiger partial charge is 0.489 e. The third-order valence-electron chi connectivity index (χ3n) is 3.78. The van der Waals surface area contributed by atoms with Gasteiger partial charge in [0.15, 0.2) is 5.78 Å². The second kappa shape index (κ2) is 5.48. The molecule has 0 aromatic carbocycles. The molecule has 0 atom stereocenters.